The van der Waals surface area contributed by atoms with E-state index in [2.05, 4.69) is 16.9 Å². The zero-order valence-corrected chi connectivity index (χ0v) is 12.7. The van der Waals surface area contributed by atoms with E-state index in [0.717, 1.165) is 28.6 Å². The Kier molecular flexibility index (Phi) is 3.70. The van der Waals surface area contributed by atoms with Crippen molar-refractivity contribution in [1.29, 1.82) is 0 Å². The normalized spacial score (nSPS) is 13.6. The smallest absolute Gasteiger partial charge is 0.192 e. The van der Waals surface area contributed by atoms with Crippen molar-refractivity contribution in [2.45, 2.75) is 36.2 Å². The van der Waals surface area contributed by atoms with E-state index in [1.807, 2.05) is 12.1 Å². The van der Waals surface area contributed by atoms with Gasteiger partial charge in [-0.1, -0.05) is 23.2 Å². The van der Waals surface area contributed by atoms with Crippen LogP contribution in [-0.4, -0.2) is 9.97 Å². The summed E-state index contributed by atoms with van der Waals surface area (Å²) in [5.41, 5.74) is 3.61. The summed E-state index contributed by atoms with van der Waals surface area (Å²) in [6, 6.07) is 5.48. The molecule has 0 atom stereocenters. The highest BCUT2D eigenvalue weighted by atomic mass is 35.5. The van der Waals surface area contributed by atoms with Crippen molar-refractivity contribution < 1.29 is 0 Å². The molecule has 1 aliphatic carbocycles. The second kappa shape index (κ2) is 5.31. The van der Waals surface area contributed by atoms with Crippen LogP contribution in [0.2, 0.25) is 10.0 Å². The fourth-order valence-electron chi connectivity index (χ4n) is 2.29. The van der Waals surface area contributed by atoms with Crippen LogP contribution in [0.3, 0.4) is 0 Å². The summed E-state index contributed by atoms with van der Waals surface area (Å²) in [4.78, 5) is 10.1. The molecule has 0 amide bonds. The number of aryl methyl sites for hydroxylation is 2. The summed E-state index contributed by atoms with van der Waals surface area (Å²) in [5, 5.41) is 2.04. The van der Waals surface area contributed by atoms with Crippen LogP contribution in [0.15, 0.2) is 28.3 Å². The number of hydrogen-bond acceptors (Lipinski definition) is 3. The van der Waals surface area contributed by atoms with Gasteiger partial charge in [-0.25, -0.2) is 9.97 Å². The molecule has 0 radical (unpaired) electrons. The highest BCUT2D eigenvalue weighted by Gasteiger charge is 2.17. The third-order valence-corrected chi connectivity index (χ3v) is 4.82. The minimum atomic E-state index is 0.638. The first-order chi connectivity index (χ1) is 9.13. The van der Waals surface area contributed by atoms with Crippen LogP contribution < -0.4 is 0 Å². The predicted molar refractivity (Wildman–Crippen MR) is 79.4 cm³/mol. The number of hydrogen-bond donors (Lipinski definition) is 0. The Hall–Kier alpha value is -0.770. The molecule has 2 aromatic rings. The quantitative estimate of drug-likeness (QED) is 0.750. The summed E-state index contributed by atoms with van der Waals surface area (Å²) < 4.78 is 0. The summed E-state index contributed by atoms with van der Waals surface area (Å²) >= 11 is 13.6. The Morgan fingerprint density at radius 2 is 2.00 bits per heavy atom. The number of halogens is 2. The van der Waals surface area contributed by atoms with Crippen LogP contribution in [0.5, 0.6) is 0 Å². The van der Waals surface area contributed by atoms with Gasteiger partial charge in [0.2, 0.25) is 0 Å². The first kappa shape index (κ1) is 13.2. The highest BCUT2D eigenvalue weighted by Crippen LogP contribution is 2.34. The number of nitrogens with zero attached hydrogens (tertiary/aromatic N) is 2. The van der Waals surface area contributed by atoms with Gasteiger partial charge in [-0.15, -0.1) is 0 Å². The molecule has 1 aliphatic rings. The van der Waals surface area contributed by atoms with Crippen molar-refractivity contribution >= 4 is 35.0 Å². The van der Waals surface area contributed by atoms with E-state index in [9.17, 15) is 0 Å². The Bertz CT molecular complexity index is 644. The van der Waals surface area contributed by atoms with Crippen LogP contribution in [0, 0.1) is 6.92 Å². The molecule has 0 fully saturated rings. The third kappa shape index (κ3) is 2.73. The fourth-order valence-corrected chi connectivity index (χ4v) is 3.65. The van der Waals surface area contributed by atoms with Gasteiger partial charge in [0, 0.05) is 21.3 Å². The van der Waals surface area contributed by atoms with E-state index >= 15 is 0 Å². The van der Waals surface area contributed by atoms with Gasteiger partial charge in [0.05, 0.1) is 5.02 Å². The first-order valence-corrected chi connectivity index (χ1v) is 7.70. The van der Waals surface area contributed by atoms with Crippen molar-refractivity contribution in [2.24, 2.45) is 0 Å². The van der Waals surface area contributed by atoms with E-state index in [0.29, 0.717) is 10.0 Å². The molecular weight excluding hydrogens is 299 g/mol. The van der Waals surface area contributed by atoms with E-state index < -0.39 is 0 Å². The van der Waals surface area contributed by atoms with Gasteiger partial charge in [0.1, 0.15) is 0 Å². The molecule has 1 heterocycles. The number of rotatable bonds is 2. The predicted octanol–water partition coefficient (Wildman–Crippen LogP) is 4.73. The first-order valence-electron chi connectivity index (χ1n) is 6.13. The number of benzene rings is 1. The summed E-state index contributed by atoms with van der Waals surface area (Å²) in [6.07, 6.45) is 3.34. The van der Waals surface area contributed by atoms with Gasteiger partial charge >= 0.3 is 0 Å². The average Bonchev–Trinajstić information content (AvgIpc) is 2.81. The molecule has 0 saturated heterocycles. The van der Waals surface area contributed by atoms with Crippen molar-refractivity contribution in [3.8, 4) is 0 Å². The van der Waals surface area contributed by atoms with Crippen LogP contribution in [-0.2, 0) is 12.8 Å². The lowest BCUT2D eigenvalue weighted by atomic mass is 10.2. The van der Waals surface area contributed by atoms with Gasteiger partial charge < -0.3 is 0 Å². The van der Waals surface area contributed by atoms with Gasteiger partial charge in [0.25, 0.3) is 0 Å². The molecule has 19 heavy (non-hydrogen) atoms. The fraction of sp³-hybridized carbons (Fsp3) is 0.286. The molecule has 0 aliphatic heterocycles. The maximum atomic E-state index is 6.18. The van der Waals surface area contributed by atoms with Crippen LogP contribution in [0.1, 0.15) is 23.4 Å². The maximum Gasteiger partial charge on any atom is 0.192 e. The SMILES string of the molecule is Cc1nc(Sc2ccc(Cl)cc2Cl)nc2c1CCC2. The summed E-state index contributed by atoms with van der Waals surface area (Å²) in [7, 11) is 0. The Morgan fingerprint density at radius 3 is 2.79 bits per heavy atom. The molecule has 98 valence electrons. The van der Waals surface area contributed by atoms with Gasteiger partial charge in [-0.2, -0.15) is 0 Å². The number of aromatic nitrogens is 2. The lowest BCUT2D eigenvalue weighted by molar-refractivity contribution is 0.868. The molecule has 3 rings (SSSR count). The van der Waals surface area contributed by atoms with E-state index in [4.69, 9.17) is 23.2 Å². The van der Waals surface area contributed by atoms with Crippen LogP contribution in [0.25, 0.3) is 0 Å². The minimum Gasteiger partial charge on any atom is -0.227 e. The molecule has 0 spiro atoms. The van der Waals surface area contributed by atoms with E-state index in [1.165, 1.54) is 29.4 Å². The Labute approximate surface area is 126 Å². The van der Waals surface area contributed by atoms with Crippen LogP contribution in [0.4, 0.5) is 0 Å². The molecule has 1 aromatic heterocycles. The molecular formula is C14H12Cl2N2S. The highest BCUT2D eigenvalue weighted by molar-refractivity contribution is 7.99. The molecule has 1 aromatic carbocycles. The van der Waals surface area contributed by atoms with Crippen molar-refractivity contribution in [3.63, 3.8) is 0 Å². The molecule has 0 bridgehead atoms. The monoisotopic (exact) mass is 310 g/mol. The number of fused-ring (bicyclic) bond motifs is 1. The van der Waals surface area contributed by atoms with E-state index in [-0.39, 0.29) is 0 Å². The zero-order chi connectivity index (χ0) is 13.4. The molecule has 0 N–H and O–H groups in total. The molecule has 0 saturated carbocycles. The Balaban J connectivity index is 1.93. The lowest BCUT2D eigenvalue weighted by Gasteiger charge is -2.07. The average molecular weight is 311 g/mol. The van der Waals surface area contributed by atoms with Crippen molar-refractivity contribution in [3.05, 3.63) is 45.2 Å². The third-order valence-electron chi connectivity index (χ3n) is 3.21. The maximum absolute atomic E-state index is 6.18. The van der Waals surface area contributed by atoms with Crippen molar-refractivity contribution in [2.75, 3.05) is 0 Å². The van der Waals surface area contributed by atoms with Crippen molar-refractivity contribution in [1.82, 2.24) is 9.97 Å². The lowest BCUT2D eigenvalue weighted by Crippen LogP contribution is -1.98. The largest absolute Gasteiger partial charge is 0.227 e. The topological polar surface area (TPSA) is 25.8 Å². The Morgan fingerprint density at radius 1 is 1.16 bits per heavy atom. The molecule has 2 nitrogen and oxygen atoms in total. The van der Waals surface area contributed by atoms with Gasteiger partial charge in [0.15, 0.2) is 5.16 Å². The minimum absolute atomic E-state index is 0.638. The summed E-state index contributed by atoms with van der Waals surface area (Å²) in [6.45, 7) is 2.05. The zero-order valence-electron chi connectivity index (χ0n) is 10.4. The van der Waals surface area contributed by atoms with E-state index in [1.54, 1.807) is 6.07 Å². The second-order valence-electron chi connectivity index (χ2n) is 4.55. The second-order valence-corrected chi connectivity index (χ2v) is 6.40. The summed E-state index contributed by atoms with van der Waals surface area (Å²) in [5.74, 6) is 0. The van der Waals surface area contributed by atoms with Gasteiger partial charge in [-0.3, -0.25) is 0 Å². The molecule has 0 unspecified atom stereocenters. The molecule has 5 heteroatoms. The van der Waals surface area contributed by atoms with Gasteiger partial charge in [-0.05, 0) is 61.7 Å². The standard InChI is InChI=1S/C14H12Cl2N2S/c1-8-10-3-2-4-12(10)18-14(17-8)19-13-6-5-9(15)7-11(13)16/h5-7H,2-4H2,1H3. The van der Waals surface area contributed by atoms with Crippen LogP contribution >= 0.6 is 35.0 Å².